The van der Waals surface area contributed by atoms with Crippen LogP contribution in [0.3, 0.4) is 0 Å². The van der Waals surface area contributed by atoms with E-state index in [0.29, 0.717) is 18.8 Å². The first-order valence-corrected chi connectivity index (χ1v) is 11.5. The number of hydrogen-bond acceptors (Lipinski definition) is 4. The van der Waals surface area contributed by atoms with Crippen molar-refractivity contribution in [1.82, 2.24) is 14.3 Å². The maximum atomic E-state index is 12.8. The Kier molecular flexibility index (Phi) is 8.09. The highest BCUT2D eigenvalue weighted by Crippen LogP contribution is 2.21. The number of aryl methyl sites for hydroxylation is 2. The van der Waals surface area contributed by atoms with Crippen molar-refractivity contribution in [3.05, 3.63) is 82.0 Å². The van der Waals surface area contributed by atoms with E-state index in [0.717, 1.165) is 49.1 Å². The summed E-state index contributed by atoms with van der Waals surface area (Å²) < 4.78 is 8.99. The van der Waals surface area contributed by atoms with Crippen molar-refractivity contribution in [2.24, 2.45) is 0 Å². The number of hydrogen-bond donors (Lipinski definition) is 1. The molecule has 1 aromatic heterocycles. The molecule has 0 amide bonds. The SMILES string of the molecule is CCCn1c(CCCCc2cccc(OC(C)(C)C(=O)O)c2)nn(Cc2ccccc2)c1=O. The fourth-order valence-corrected chi connectivity index (χ4v) is 3.69. The topological polar surface area (TPSA) is 86.3 Å². The third-order valence-electron chi connectivity index (χ3n) is 5.52. The fourth-order valence-electron chi connectivity index (χ4n) is 3.69. The highest BCUT2D eigenvalue weighted by molar-refractivity contribution is 5.76. The maximum absolute atomic E-state index is 12.8. The Morgan fingerprint density at radius 2 is 1.73 bits per heavy atom. The van der Waals surface area contributed by atoms with Crippen molar-refractivity contribution in [3.63, 3.8) is 0 Å². The number of unbranched alkanes of at least 4 members (excludes halogenated alkanes) is 1. The fraction of sp³-hybridized carbons (Fsp3) is 0.423. The summed E-state index contributed by atoms with van der Waals surface area (Å²) in [5.41, 5.74) is 0.816. The van der Waals surface area contributed by atoms with Crippen molar-refractivity contribution in [1.29, 1.82) is 0 Å². The number of carboxylic acids is 1. The molecule has 0 unspecified atom stereocenters. The van der Waals surface area contributed by atoms with Crippen LogP contribution in [-0.2, 0) is 30.7 Å². The van der Waals surface area contributed by atoms with Crippen LogP contribution in [0.5, 0.6) is 5.75 Å². The predicted octanol–water partition coefficient (Wildman–Crippen LogP) is 4.31. The zero-order chi connectivity index (χ0) is 23.8. The summed E-state index contributed by atoms with van der Waals surface area (Å²) in [7, 11) is 0. The Morgan fingerprint density at radius 1 is 1.03 bits per heavy atom. The molecular weight excluding hydrogens is 418 g/mol. The first kappa shape index (κ1) is 24.3. The van der Waals surface area contributed by atoms with E-state index in [1.54, 1.807) is 15.3 Å². The molecule has 0 spiro atoms. The van der Waals surface area contributed by atoms with Crippen LogP contribution in [0, 0.1) is 0 Å². The zero-order valence-electron chi connectivity index (χ0n) is 19.7. The number of nitrogens with zero attached hydrogens (tertiary/aromatic N) is 3. The van der Waals surface area contributed by atoms with Crippen LogP contribution in [0.25, 0.3) is 0 Å². The molecule has 0 aliphatic rings. The quantitative estimate of drug-likeness (QED) is 0.415. The lowest BCUT2D eigenvalue weighted by molar-refractivity contribution is -0.152. The zero-order valence-corrected chi connectivity index (χ0v) is 19.7. The van der Waals surface area contributed by atoms with Crippen LogP contribution >= 0.6 is 0 Å². The van der Waals surface area contributed by atoms with E-state index in [1.165, 1.54) is 13.8 Å². The van der Waals surface area contributed by atoms with Gasteiger partial charge >= 0.3 is 11.7 Å². The van der Waals surface area contributed by atoms with Crippen LogP contribution in [0.2, 0.25) is 0 Å². The number of ether oxygens (including phenoxy) is 1. The van der Waals surface area contributed by atoms with E-state index in [9.17, 15) is 14.7 Å². The number of aromatic nitrogens is 3. The largest absolute Gasteiger partial charge is 0.478 e. The second-order valence-corrected chi connectivity index (χ2v) is 8.77. The van der Waals surface area contributed by atoms with Crippen molar-refractivity contribution < 1.29 is 14.6 Å². The highest BCUT2D eigenvalue weighted by atomic mass is 16.5. The molecule has 3 aromatic rings. The second-order valence-electron chi connectivity index (χ2n) is 8.77. The number of carboxylic acid groups (broad SMARTS) is 1. The van der Waals surface area contributed by atoms with Gasteiger partial charge in [-0.25, -0.2) is 14.3 Å². The number of rotatable bonds is 12. The Balaban J connectivity index is 1.60. The molecule has 3 rings (SSSR count). The minimum absolute atomic E-state index is 0.0541. The van der Waals surface area contributed by atoms with Crippen LogP contribution in [0.1, 0.15) is 57.0 Å². The van der Waals surface area contributed by atoms with Gasteiger partial charge in [0, 0.05) is 13.0 Å². The molecule has 1 N–H and O–H groups in total. The number of carbonyl (C=O) groups is 1. The lowest BCUT2D eigenvalue weighted by atomic mass is 10.1. The van der Waals surface area contributed by atoms with Crippen molar-refractivity contribution >= 4 is 5.97 Å². The van der Waals surface area contributed by atoms with E-state index in [1.807, 2.05) is 48.5 Å². The summed E-state index contributed by atoms with van der Waals surface area (Å²) in [6.07, 6.45) is 4.28. The Morgan fingerprint density at radius 3 is 2.42 bits per heavy atom. The number of benzene rings is 2. The molecule has 7 nitrogen and oxygen atoms in total. The van der Waals surface area contributed by atoms with E-state index >= 15 is 0 Å². The van der Waals surface area contributed by atoms with Gasteiger partial charge in [0.1, 0.15) is 11.6 Å². The molecule has 0 bridgehead atoms. The lowest BCUT2D eigenvalue weighted by Crippen LogP contribution is -2.37. The molecule has 0 atom stereocenters. The highest BCUT2D eigenvalue weighted by Gasteiger charge is 2.29. The molecule has 0 saturated heterocycles. The second kappa shape index (κ2) is 11.0. The van der Waals surface area contributed by atoms with E-state index in [4.69, 9.17) is 4.74 Å². The van der Waals surface area contributed by atoms with E-state index < -0.39 is 11.6 Å². The monoisotopic (exact) mass is 451 g/mol. The van der Waals surface area contributed by atoms with Gasteiger partial charge in [0.25, 0.3) is 0 Å². The van der Waals surface area contributed by atoms with Crippen LogP contribution in [0.15, 0.2) is 59.4 Å². The van der Waals surface area contributed by atoms with Crippen LogP contribution in [-0.4, -0.2) is 31.0 Å². The average molecular weight is 452 g/mol. The lowest BCUT2D eigenvalue weighted by Gasteiger charge is -2.21. The predicted molar refractivity (Wildman–Crippen MR) is 128 cm³/mol. The molecule has 0 saturated carbocycles. The third-order valence-corrected chi connectivity index (χ3v) is 5.52. The van der Waals surface area contributed by atoms with Gasteiger partial charge in [0.05, 0.1) is 6.54 Å². The molecule has 0 fully saturated rings. The number of aliphatic carboxylic acids is 1. The molecule has 0 aliphatic heterocycles. The molecule has 0 aliphatic carbocycles. The molecule has 2 aromatic carbocycles. The Hall–Kier alpha value is -3.35. The first-order chi connectivity index (χ1) is 15.8. The summed E-state index contributed by atoms with van der Waals surface area (Å²) in [5.74, 6) is 0.382. The Labute approximate surface area is 194 Å². The summed E-state index contributed by atoms with van der Waals surface area (Å²) in [4.78, 5) is 24.1. The minimum Gasteiger partial charge on any atom is -0.478 e. The average Bonchev–Trinajstić information content (AvgIpc) is 3.07. The van der Waals surface area contributed by atoms with E-state index in [-0.39, 0.29) is 5.69 Å². The van der Waals surface area contributed by atoms with Gasteiger partial charge in [-0.05, 0) is 62.8 Å². The minimum atomic E-state index is -1.28. The molecule has 1 heterocycles. The smallest absolute Gasteiger partial charge is 0.347 e. The van der Waals surface area contributed by atoms with Crippen molar-refractivity contribution in [3.8, 4) is 5.75 Å². The third kappa shape index (κ3) is 6.57. The standard InChI is InChI=1S/C26H33N3O4/c1-4-17-28-23(27-29(25(28)32)19-21-12-6-5-7-13-21)16-9-8-11-20-14-10-15-22(18-20)33-26(2,3)24(30)31/h5-7,10,12-15,18H,4,8-9,11,16-17,19H2,1-3H3,(H,30,31). The van der Waals surface area contributed by atoms with Crippen LogP contribution in [0.4, 0.5) is 0 Å². The van der Waals surface area contributed by atoms with E-state index in [2.05, 4.69) is 12.0 Å². The summed E-state index contributed by atoms with van der Waals surface area (Å²) in [6, 6.07) is 17.5. The van der Waals surface area contributed by atoms with Crippen molar-refractivity contribution in [2.45, 2.75) is 71.6 Å². The summed E-state index contributed by atoms with van der Waals surface area (Å²) >= 11 is 0. The van der Waals surface area contributed by atoms with Crippen LogP contribution < -0.4 is 10.4 Å². The summed E-state index contributed by atoms with van der Waals surface area (Å²) in [5, 5.41) is 13.9. The molecule has 7 heteroatoms. The van der Waals surface area contributed by atoms with Gasteiger partial charge in [-0.1, -0.05) is 49.4 Å². The molecular formula is C26H33N3O4. The normalized spacial score (nSPS) is 11.5. The molecule has 33 heavy (non-hydrogen) atoms. The molecule has 0 radical (unpaired) electrons. The summed E-state index contributed by atoms with van der Waals surface area (Å²) in [6.45, 7) is 6.28. The Bertz CT molecular complexity index is 1120. The van der Waals surface area contributed by atoms with Gasteiger partial charge in [-0.2, -0.15) is 5.10 Å². The van der Waals surface area contributed by atoms with Gasteiger partial charge in [0.2, 0.25) is 0 Å². The van der Waals surface area contributed by atoms with Gasteiger partial charge in [-0.3, -0.25) is 4.57 Å². The molecule has 176 valence electrons. The van der Waals surface area contributed by atoms with Gasteiger partial charge in [-0.15, -0.1) is 0 Å². The van der Waals surface area contributed by atoms with Crippen molar-refractivity contribution in [2.75, 3.05) is 0 Å². The maximum Gasteiger partial charge on any atom is 0.347 e. The van der Waals surface area contributed by atoms with Gasteiger partial charge in [0.15, 0.2) is 5.60 Å². The van der Waals surface area contributed by atoms with Gasteiger partial charge < -0.3 is 9.84 Å². The first-order valence-electron chi connectivity index (χ1n) is 11.5.